The second kappa shape index (κ2) is 4.66. The van der Waals surface area contributed by atoms with E-state index in [-0.39, 0.29) is 47.9 Å². The molecule has 3 amide bonds. The maximum absolute atomic E-state index is 12.8. The lowest BCUT2D eigenvalue weighted by Crippen LogP contribution is -2.47. The van der Waals surface area contributed by atoms with Crippen LogP contribution < -0.4 is 0 Å². The van der Waals surface area contributed by atoms with Crippen LogP contribution in [0.4, 0.5) is 0 Å². The predicted molar refractivity (Wildman–Crippen MR) is 78.8 cm³/mol. The highest BCUT2D eigenvalue weighted by atomic mass is 16.5. The Balaban J connectivity index is 1.36. The van der Waals surface area contributed by atoms with Crippen molar-refractivity contribution in [2.45, 2.75) is 6.42 Å². The van der Waals surface area contributed by atoms with E-state index in [4.69, 9.17) is 4.74 Å². The highest BCUT2D eigenvalue weighted by Crippen LogP contribution is 2.65. The molecular weight excluding hydrogens is 296 g/mol. The minimum absolute atomic E-state index is 0.0978. The second-order valence-corrected chi connectivity index (χ2v) is 7.41. The SMILES string of the molecule is O=C(CN1C(=O)C2C3C=CC(C4CC34)C2C1=O)N1CCOCC1. The summed E-state index contributed by atoms with van der Waals surface area (Å²) >= 11 is 0. The molecule has 0 aromatic rings. The lowest BCUT2D eigenvalue weighted by atomic mass is 9.63. The van der Waals surface area contributed by atoms with Crippen LogP contribution in [0.2, 0.25) is 0 Å². The van der Waals surface area contributed by atoms with E-state index in [2.05, 4.69) is 12.2 Å². The van der Waals surface area contributed by atoms with Gasteiger partial charge in [0.25, 0.3) is 0 Å². The number of morpholine rings is 1. The maximum Gasteiger partial charge on any atom is 0.242 e. The van der Waals surface area contributed by atoms with Crippen molar-refractivity contribution in [2.75, 3.05) is 32.8 Å². The van der Waals surface area contributed by atoms with E-state index in [1.807, 2.05) is 0 Å². The zero-order valence-corrected chi connectivity index (χ0v) is 12.9. The summed E-state index contributed by atoms with van der Waals surface area (Å²) in [4.78, 5) is 40.9. The second-order valence-electron chi connectivity index (χ2n) is 7.41. The molecule has 4 aliphatic carbocycles. The standard InChI is InChI=1S/C17H20N2O4/c20-13(18-3-5-23-6-4-18)8-19-16(21)14-9-1-2-10(12-7-11(9)12)15(14)17(19)22/h1-2,9-12,14-15H,3-8H2. The summed E-state index contributed by atoms with van der Waals surface area (Å²) in [5.74, 6) is 0.829. The highest BCUT2D eigenvalue weighted by molar-refractivity contribution is 6.08. The van der Waals surface area contributed by atoms with Gasteiger partial charge in [-0.3, -0.25) is 19.3 Å². The normalized spacial score (nSPS) is 43.7. The molecule has 122 valence electrons. The largest absolute Gasteiger partial charge is 0.378 e. The van der Waals surface area contributed by atoms with Crippen LogP contribution in [0.3, 0.4) is 0 Å². The van der Waals surface area contributed by atoms with Crippen molar-refractivity contribution in [3.63, 3.8) is 0 Å². The molecule has 0 aromatic carbocycles. The maximum atomic E-state index is 12.8. The summed E-state index contributed by atoms with van der Waals surface area (Å²) in [5, 5.41) is 0. The van der Waals surface area contributed by atoms with Gasteiger partial charge in [-0.05, 0) is 30.1 Å². The molecule has 2 saturated heterocycles. The molecule has 2 heterocycles. The molecule has 0 radical (unpaired) electrons. The zero-order valence-electron chi connectivity index (χ0n) is 12.9. The third-order valence-electron chi connectivity index (χ3n) is 6.41. The number of nitrogens with zero attached hydrogens (tertiary/aromatic N) is 2. The van der Waals surface area contributed by atoms with Gasteiger partial charge in [0.15, 0.2) is 0 Å². The molecule has 6 unspecified atom stereocenters. The summed E-state index contributed by atoms with van der Waals surface area (Å²) in [7, 11) is 0. The van der Waals surface area contributed by atoms with Gasteiger partial charge in [0.1, 0.15) is 6.54 Å². The molecule has 23 heavy (non-hydrogen) atoms. The summed E-state index contributed by atoms with van der Waals surface area (Å²) < 4.78 is 5.24. The summed E-state index contributed by atoms with van der Waals surface area (Å²) in [5.41, 5.74) is 0. The Morgan fingerprint density at radius 2 is 1.61 bits per heavy atom. The van der Waals surface area contributed by atoms with Crippen molar-refractivity contribution < 1.29 is 19.1 Å². The van der Waals surface area contributed by atoms with Gasteiger partial charge in [-0.1, -0.05) is 12.2 Å². The Kier molecular flexibility index (Phi) is 2.78. The number of carbonyl (C=O) groups is 3. The van der Waals surface area contributed by atoms with E-state index in [1.165, 1.54) is 4.90 Å². The molecule has 2 saturated carbocycles. The van der Waals surface area contributed by atoms with Crippen LogP contribution >= 0.6 is 0 Å². The first-order valence-corrected chi connectivity index (χ1v) is 8.56. The average molecular weight is 316 g/mol. The number of imide groups is 1. The first-order chi connectivity index (χ1) is 11.2. The molecule has 0 N–H and O–H groups in total. The van der Waals surface area contributed by atoms with Gasteiger partial charge in [-0.2, -0.15) is 0 Å². The number of hydrogen-bond donors (Lipinski definition) is 0. The number of amides is 3. The third-order valence-corrected chi connectivity index (χ3v) is 6.41. The van der Waals surface area contributed by atoms with E-state index in [1.54, 1.807) is 4.90 Å². The van der Waals surface area contributed by atoms with E-state index >= 15 is 0 Å². The molecule has 0 spiro atoms. The molecule has 6 rings (SSSR count). The Morgan fingerprint density at radius 1 is 1.04 bits per heavy atom. The number of rotatable bonds is 2. The fourth-order valence-electron chi connectivity index (χ4n) is 5.22. The van der Waals surface area contributed by atoms with Crippen LogP contribution in [0.5, 0.6) is 0 Å². The van der Waals surface area contributed by atoms with Crippen LogP contribution in [0, 0.1) is 35.5 Å². The molecule has 6 atom stereocenters. The Labute approximate surface area is 134 Å². The molecule has 6 nitrogen and oxygen atoms in total. The summed E-state index contributed by atoms with van der Waals surface area (Å²) in [6, 6.07) is 0. The van der Waals surface area contributed by atoms with Crippen molar-refractivity contribution in [2.24, 2.45) is 35.5 Å². The molecular formula is C17H20N2O4. The van der Waals surface area contributed by atoms with Gasteiger partial charge in [0.2, 0.25) is 17.7 Å². The Morgan fingerprint density at radius 3 is 2.17 bits per heavy atom. The molecule has 6 aliphatic rings. The fraction of sp³-hybridized carbons (Fsp3) is 0.706. The van der Waals surface area contributed by atoms with E-state index in [0.29, 0.717) is 38.1 Å². The lowest BCUT2D eigenvalue weighted by Gasteiger charge is -2.37. The van der Waals surface area contributed by atoms with Crippen molar-refractivity contribution in [1.29, 1.82) is 0 Å². The van der Waals surface area contributed by atoms with Crippen LogP contribution in [-0.2, 0) is 19.1 Å². The van der Waals surface area contributed by atoms with Crippen LogP contribution in [-0.4, -0.2) is 60.4 Å². The Hall–Kier alpha value is -1.69. The van der Waals surface area contributed by atoms with Gasteiger partial charge in [0, 0.05) is 13.1 Å². The molecule has 2 bridgehead atoms. The van der Waals surface area contributed by atoms with Crippen LogP contribution in [0.15, 0.2) is 12.2 Å². The van der Waals surface area contributed by atoms with Crippen molar-refractivity contribution in [1.82, 2.24) is 9.80 Å². The van der Waals surface area contributed by atoms with Crippen LogP contribution in [0.1, 0.15) is 6.42 Å². The molecule has 4 fully saturated rings. The highest BCUT2D eigenvalue weighted by Gasteiger charge is 2.67. The van der Waals surface area contributed by atoms with Gasteiger partial charge >= 0.3 is 0 Å². The monoisotopic (exact) mass is 316 g/mol. The number of ether oxygens (including phenoxy) is 1. The lowest BCUT2D eigenvalue weighted by molar-refractivity contribution is -0.148. The van der Waals surface area contributed by atoms with Crippen molar-refractivity contribution in [3.8, 4) is 0 Å². The topological polar surface area (TPSA) is 66.9 Å². The summed E-state index contributed by atoms with van der Waals surface area (Å²) in [6.07, 6.45) is 5.46. The van der Waals surface area contributed by atoms with Crippen LogP contribution in [0.25, 0.3) is 0 Å². The number of likely N-dealkylation sites (tertiary alicyclic amines) is 1. The quantitative estimate of drug-likeness (QED) is 0.527. The van der Waals surface area contributed by atoms with Gasteiger partial charge < -0.3 is 9.64 Å². The van der Waals surface area contributed by atoms with Gasteiger partial charge in [0.05, 0.1) is 25.0 Å². The van der Waals surface area contributed by atoms with Crippen molar-refractivity contribution in [3.05, 3.63) is 12.2 Å². The minimum atomic E-state index is -0.210. The predicted octanol–water partition coefficient (Wildman–Crippen LogP) is -0.102. The first kappa shape index (κ1) is 13.7. The van der Waals surface area contributed by atoms with E-state index in [9.17, 15) is 14.4 Å². The van der Waals surface area contributed by atoms with E-state index < -0.39 is 0 Å². The number of hydrogen-bond acceptors (Lipinski definition) is 4. The molecule has 2 aliphatic heterocycles. The molecule has 6 heteroatoms. The molecule has 0 aromatic heterocycles. The van der Waals surface area contributed by atoms with Crippen molar-refractivity contribution >= 4 is 17.7 Å². The minimum Gasteiger partial charge on any atom is -0.378 e. The fourth-order valence-corrected chi connectivity index (χ4v) is 5.22. The third kappa shape index (κ3) is 1.81. The smallest absolute Gasteiger partial charge is 0.242 e. The van der Waals surface area contributed by atoms with Gasteiger partial charge in [-0.25, -0.2) is 0 Å². The zero-order chi connectivity index (χ0) is 15.7. The number of carbonyl (C=O) groups excluding carboxylic acids is 3. The van der Waals surface area contributed by atoms with E-state index in [0.717, 1.165) is 6.42 Å². The first-order valence-electron chi connectivity index (χ1n) is 8.56. The summed E-state index contributed by atoms with van der Waals surface area (Å²) in [6.45, 7) is 2.03. The Bertz CT molecular complexity index is 588. The average Bonchev–Trinajstić information content (AvgIpc) is 3.37. The number of allylic oxidation sites excluding steroid dienone is 2. The van der Waals surface area contributed by atoms with Gasteiger partial charge in [-0.15, -0.1) is 0 Å².